The van der Waals surface area contributed by atoms with E-state index < -0.39 is 0 Å². The molecule has 112 valence electrons. The van der Waals surface area contributed by atoms with Gasteiger partial charge in [-0.3, -0.25) is 4.79 Å². The lowest BCUT2D eigenvalue weighted by Crippen LogP contribution is -2.46. The number of piperidine rings is 1. The van der Waals surface area contributed by atoms with Gasteiger partial charge in [0.15, 0.2) is 5.96 Å². The van der Waals surface area contributed by atoms with E-state index in [0.29, 0.717) is 5.92 Å². The molecule has 0 aromatic carbocycles. The van der Waals surface area contributed by atoms with Gasteiger partial charge in [-0.05, 0) is 25.7 Å². The zero-order chi connectivity index (χ0) is 13.5. The molecule has 19 heavy (non-hydrogen) atoms. The fourth-order valence-electron chi connectivity index (χ4n) is 2.09. The monoisotopic (exact) mass is 382 g/mol. The number of guanidine groups is 1. The van der Waals surface area contributed by atoms with Gasteiger partial charge in [0.25, 0.3) is 0 Å². The average molecular weight is 382 g/mol. The van der Waals surface area contributed by atoms with Crippen molar-refractivity contribution < 1.29 is 4.79 Å². The van der Waals surface area contributed by atoms with E-state index in [9.17, 15) is 4.79 Å². The van der Waals surface area contributed by atoms with Crippen LogP contribution in [0.4, 0.5) is 0 Å². The van der Waals surface area contributed by atoms with Gasteiger partial charge in [-0.2, -0.15) is 0 Å². The van der Waals surface area contributed by atoms with Gasteiger partial charge in [-0.25, -0.2) is 4.99 Å². The standard InChI is InChI=1S/C13H26N4O.HI/c1-5-14-13(15-9-12(18)16(3)4)17-8-6-7-11(2)10-17;/h11H,5-10H2,1-4H3,(H,14,15);1H. The molecule has 0 aromatic rings. The summed E-state index contributed by atoms with van der Waals surface area (Å²) in [6.07, 6.45) is 2.49. The topological polar surface area (TPSA) is 47.9 Å². The highest BCUT2D eigenvalue weighted by atomic mass is 127. The first kappa shape index (κ1) is 18.5. The van der Waals surface area contributed by atoms with Crippen LogP contribution in [-0.2, 0) is 4.79 Å². The summed E-state index contributed by atoms with van der Waals surface area (Å²) < 4.78 is 0. The summed E-state index contributed by atoms with van der Waals surface area (Å²) in [4.78, 5) is 19.8. The lowest BCUT2D eigenvalue weighted by Gasteiger charge is -2.33. The Hall–Kier alpha value is -0.530. The fraction of sp³-hybridized carbons (Fsp3) is 0.846. The van der Waals surface area contributed by atoms with Gasteiger partial charge >= 0.3 is 0 Å². The van der Waals surface area contributed by atoms with Crippen LogP contribution in [0.1, 0.15) is 26.7 Å². The van der Waals surface area contributed by atoms with Crippen molar-refractivity contribution in [3.8, 4) is 0 Å². The van der Waals surface area contributed by atoms with E-state index >= 15 is 0 Å². The Morgan fingerprint density at radius 2 is 2.16 bits per heavy atom. The maximum absolute atomic E-state index is 11.6. The molecular formula is C13H27IN4O. The molecule has 1 atom stereocenters. The van der Waals surface area contributed by atoms with Crippen LogP contribution in [0.25, 0.3) is 0 Å². The van der Waals surface area contributed by atoms with E-state index in [0.717, 1.165) is 25.6 Å². The van der Waals surface area contributed by atoms with Gasteiger partial charge in [0.05, 0.1) is 0 Å². The minimum atomic E-state index is 0. The molecular weight excluding hydrogens is 355 g/mol. The third-order valence-electron chi connectivity index (χ3n) is 3.15. The summed E-state index contributed by atoms with van der Waals surface area (Å²) in [6, 6.07) is 0. The number of amides is 1. The Balaban J connectivity index is 0.00000324. The number of likely N-dealkylation sites (tertiary alicyclic amines) is 1. The zero-order valence-corrected chi connectivity index (χ0v) is 14.8. The fourth-order valence-corrected chi connectivity index (χ4v) is 2.09. The number of nitrogens with zero attached hydrogens (tertiary/aromatic N) is 3. The first-order valence-corrected chi connectivity index (χ1v) is 6.78. The van der Waals surface area contributed by atoms with E-state index in [1.165, 1.54) is 12.8 Å². The highest BCUT2D eigenvalue weighted by molar-refractivity contribution is 14.0. The predicted molar refractivity (Wildman–Crippen MR) is 90.1 cm³/mol. The summed E-state index contributed by atoms with van der Waals surface area (Å²) in [7, 11) is 3.52. The SMILES string of the molecule is CCNC(=NCC(=O)N(C)C)N1CCCC(C)C1.I. The molecule has 0 aliphatic carbocycles. The van der Waals surface area contributed by atoms with E-state index in [1.807, 2.05) is 0 Å². The highest BCUT2D eigenvalue weighted by Crippen LogP contribution is 2.15. The van der Waals surface area contributed by atoms with Crippen molar-refractivity contribution in [1.82, 2.24) is 15.1 Å². The second-order valence-electron chi connectivity index (χ2n) is 5.15. The second-order valence-corrected chi connectivity index (χ2v) is 5.15. The average Bonchev–Trinajstić information content (AvgIpc) is 2.33. The number of rotatable bonds is 3. The molecule has 6 heteroatoms. The molecule has 5 nitrogen and oxygen atoms in total. The van der Waals surface area contributed by atoms with Crippen LogP contribution in [0, 0.1) is 5.92 Å². The Kier molecular flexibility index (Phi) is 9.12. The van der Waals surface area contributed by atoms with E-state index in [2.05, 4.69) is 29.1 Å². The van der Waals surface area contributed by atoms with Crippen LogP contribution >= 0.6 is 24.0 Å². The summed E-state index contributed by atoms with van der Waals surface area (Å²) >= 11 is 0. The lowest BCUT2D eigenvalue weighted by atomic mass is 10.0. The third-order valence-corrected chi connectivity index (χ3v) is 3.15. The van der Waals surface area contributed by atoms with Gasteiger partial charge < -0.3 is 15.1 Å². The third kappa shape index (κ3) is 6.44. The molecule has 1 heterocycles. The largest absolute Gasteiger partial charge is 0.357 e. The Morgan fingerprint density at radius 1 is 1.47 bits per heavy atom. The molecule has 1 aliphatic rings. The molecule has 0 radical (unpaired) electrons. The van der Waals surface area contributed by atoms with Crippen LogP contribution < -0.4 is 5.32 Å². The smallest absolute Gasteiger partial charge is 0.243 e. The number of halogens is 1. The number of hydrogen-bond acceptors (Lipinski definition) is 2. The predicted octanol–water partition coefficient (Wildman–Crippen LogP) is 1.39. The van der Waals surface area contributed by atoms with Crippen molar-refractivity contribution in [1.29, 1.82) is 0 Å². The quantitative estimate of drug-likeness (QED) is 0.456. The number of carbonyl (C=O) groups excluding carboxylic acids is 1. The molecule has 1 N–H and O–H groups in total. The number of likely N-dealkylation sites (N-methyl/N-ethyl adjacent to an activating group) is 1. The Bertz CT molecular complexity index is 307. The molecule has 1 aliphatic heterocycles. The molecule has 0 aromatic heterocycles. The minimum absolute atomic E-state index is 0. The zero-order valence-electron chi connectivity index (χ0n) is 12.5. The molecule has 0 spiro atoms. The summed E-state index contributed by atoms with van der Waals surface area (Å²) in [5.74, 6) is 1.61. The van der Waals surface area contributed by atoms with Crippen LogP contribution in [0.15, 0.2) is 4.99 Å². The summed E-state index contributed by atoms with van der Waals surface area (Å²) in [5, 5.41) is 3.27. The van der Waals surface area contributed by atoms with Crippen LogP contribution in [-0.4, -0.2) is 61.9 Å². The van der Waals surface area contributed by atoms with Crippen LogP contribution in [0.5, 0.6) is 0 Å². The molecule has 1 unspecified atom stereocenters. The first-order chi connectivity index (χ1) is 8.54. The van der Waals surface area contributed by atoms with Gasteiger partial charge in [0.1, 0.15) is 6.54 Å². The normalized spacial score (nSPS) is 19.7. The molecule has 1 rings (SSSR count). The Morgan fingerprint density at radius 3 is 2.68 bits per heavy atom. The maximum Gasteiger partial charge on any atom is 0.243 e. The molecule has 0 bridgehead atoms. The van der Waals surface area contributed by atoms with E-state index in [-0.39, 0.29) is 36.4 Å². The molecule has 1 amide bonds. The maximum atomic E-state index is 11.6. The van der Waals surface area contributed by atoms with Gasteiger partial charge in [-0.1, -0.05) is 6.92 Å². The number of carbonyl (C=O) groups is 1. The van der Waals surface area contributed by atoms with Gasteiger partial charge in [0, 0.05) is 33.7 Å². The van der Waals surface area contributed by atoms with Gasteiger partial charge in [-0.15, -0.1) is 24.0 Å². The van der Waals surface area contributed by atoms with Crippen LogP contribution in [0.3, 0.4) is 0 Å². The number of hydrogen-bond donors (Lipinski definition) is 1. The van der Waals surface area contributed by atoms with Crippen molar-refractivity contribution in [3.63, 3.8) is 0 Å². The first-order valence-electron chi connectivity index (χ1n) is 6.78. The molecule has 0 saturated carbocycles. The molecule has 1 saturated heterocycles. The second kappa shape index (κ2) is 9.39. The van der Waals surface area contributed by atoms with Crippen molar-refractivity contribution in [2.45, 2.75) is 26.7 Å². The summed E-state index contributed by atoms with van der Waals surface area (Å²) in [6.45, 7) is 7.44. The number of nitrogens with one attached hydrogen (secondary N) is 1. The molecule has 1 fully saturated rings. The summed E-state index contributed by atoms with van der Waals surface area (Å²) in [5.41, 5.74) is 0. The van der Waals surface area contributed by atoms with Crippen molar-refractivity contribution in [2.24, 2.45) is 10.9 Å². The van der Waals surface area contributed by atoms with E-state index in [1.54, 1.807) is 19.0 Å². The van der Waals surface area contributed by atoms with Crippen molar-refractivity contribution in [2.75, 3.05) is 40.3 Å². The van der Waals surface area contributed by atoms with Crippen LogP contribution in [0.2, 0.25) is 0 Å². The lowest BCUT2D eigenvalue weighted by molar-refractivity contribution is -0.127. The van der Waals surface area contributed by atoms with E-state index in [4.69, 9.17) is 0 Å². The highest BCUT2D eigenvalue weighted by Gasteiger charge is 2.19. The number of aliphatic imine (C=N–C) groups is 1. The van der Waals surface area contributed by atoms with Gasteiger partial charge in [0.2, 0.25) is 5.91 Å². The Labute approximate surface area is 133 Å². The minimum Gasteiger partial charge on any atom is -0.357 e. The van der Waals surface area contributed by atoms with Crippen molar-refractivity contribution >= 4 is 35.8 Å². The van der Waals surface area contributed by atoms with Crippen molar-refractivity contribution in [3.05, 3.63) is 0 Å².